The van der Waals surface area contributed by atoms with Gasteiger partial charge in [-0.05, 0) is 6.08 Å². The number of allylic oxidation sites excluding steroid dienone is 5. The third kappa shape index (κ3) is 1.15. The maximum absolute atomic E-state index is 3.86. The number of rotatable bonds is 0. The lowest BCUT2D eigenvalue weighted by molar-refractivity contribution is 1.14. The summed E-state index contributed by atoms with van der Waals surface area (Å²) in [7, 11) is 0. The predicted molar refractivity (Wildman–Crippen MR) is 45.0 cm³/mol. The molecule has 1 aliphatic carbocycles. The number of aliphatic imine (C=N–C) groups is 1. The van der Waals surface area contributed by atoms with Crippen molar-refractivity contribution in [2.45, 2.75) is 0 Å². The average Bonchev–Trinajstić information content (AvgIpc) is 2.28. The highest BCUT2D eigenvalue weighted by Gasteiger charge is 2.03. The molecular formula is C9H7N2. The fourth-order valence-electron chi connectivity index (χ4n) is 0.982. The van der Waals surface area contributed by atoms with Crippen LogP contribution in [0.4, 0.5) is 0 Å². The van der Waals surface area contributed by atoms with Crippen LogP contribution in [0.5, 0.6) is 0 Å². The van der Waals surface area contributed by atoms with E-state index in [1.54, 1.807) is 6.20 Å². The lowest BCUT2D eigenvalue weighted by Crippen LogP contribution is -2.14. The van der Waals surface area contributed by atoms with Crippen LogP contribution in [0.25, 0.3) is 0 Å². The molecule has 0 spiro atoms. The molecule has 0 saturated carbocycles. The molecule has 2 rings (SSSR count). The molecule has 2 aliphatic rings. The smallest absolute Gasteiger partial charge is 0.173 e. The van der Waals surface area contributed by atoms with Gasteiger partial charge >= 0.3 is 0 Å². The molecular weight excluding hydrogens is 136 g/mol. The van der Waals surface area contributed by atoms with E-state index in [-0.39, 0.29) is 0 Å². The van der Waals surface area contributed by atoms with E-state index in [9.17, 15) is 0 Å². The Morgan fingerprint density at radius 3 is 3.27 bits per heavy atom. The summed E-state index contributed by atoms with van der Waals surface area (Å²) in [5.74, 6) is 0. The summed E-state index contributed by atoms with van der Waals surface area (Å²) in [5.41, 5.74) is 2.14. The van der Waals surface area contributed by atoms with Crippen molar-refractivity contribution in [1.82, 2.24) is 5.32 Å². The molecule has 1 aliphatic heterocycles. The van der Waals surface area contributed by atoms with Crippen LogP contribution < -0.4 is 5.32 Å². The summed E-state index contributed by atoms with van der Waals surface area (Å²) in [6.45, 7) is 0. The first-order chi connectivity index (χ1) is 5.47. The Kier molecular flexibility index (Phi) is 1.44. The van der Waals surface area contributed by atoms with Gasteiger partial charge in [0, 0.05) is 17.5 Å². The van der Waals surface area contributed by atoms with Crippen molar-refractivity contribution in [3.8, 4) is 0 Å². The van der Waals surface area contributed by atoms with Gasteiger partial charge in [0.05, 0.1) is 0 Å². The Bertz CT molecular complexity index is 304. The lowest BCUT2D eigenvalue weighted by atomic mass is 10.2. The van der Waals surface area contributed by atoms with Crippen LogP contribution in [0.1, 0.15) is 0 Å². The van der Waals surface area contributed by atoms with Gasteiger partial charge in [0.2, 0.25) is 0 Å². The van der Waals surface area contributed by atoms with Gasteiger partial charge in [-0.25, -0.2) is 4.99 Å². The van der Waals surface area contributed by atoms with Gasteiger partial charge in [-0.15, -0.1) is 0 Å². The van der Waals surface area contributed by atoms with Crippen molar-refractivity contribution in [1.29, 1.82) is 0 Å². The first-order valence-corrected chi connectivity index (χ1v) is 3.43. The average molecular weight is 143 g/mol. The van der Waals surface area contributed by atoms with Gasteiger partial charge in [0.15, 0.2) is 6.34 Å². The standard InChI is InChI=1S/C9H7N2/c1-2-4-8-6-10-7-11-9(8)5-3-1/h1-6H,(H,10,11). The fraction of sp³-hybridized carbons (Fsp3) is 0. The topological polar surface area (TPSA) is 24.4 Å². The highest BCUT2D eigenvalue weighted by atomic mass is 15.0. The molecule has 1 heterocycles. The Morgan fingerprint density at radius 2 is 2.27 bits per heavy atom. The van der Waals surface area contributed by atoms with Crippen molar-refractivity contribution in [2.75, 3.05) is 0 Å². The van der Waals surface area contributed by atoms with Gasteiger partial charge in [0.1, 0.15) is 0 Å². The Morgan fingerprint density at radius 1 is 1.27 bits per heavy atom. The second-order valence-corrected chi connectivity index (χ2v) is 2.27. The lowest BCUT2D eigenvalue weighted by Gasteiger charge is -2.08. The van der Waals surface area contributed by atoms with Gasteiger partial charge in [-0.1, -0.05) is 24.3 Å². The molecule has 0 aromatic rings. The van der Waals surface area contributed by atoms with E-state index < -0.39 is 0 Å². The van der Waals surface area contributed by atoms with Gasteiger partial charge in [0.25, 0.3) is 0 Å². The minimum absolute atomic E-state index is 1.05. The third-order valence-corrected chi connectivity index (χ3v) is 1.53. The minimum atomic E-state index is 1.05. The normalized spacial score (nSPS) is 19.6. The monoisotopic (exact) mass is 143 g/mol. The Labute approximate surface area is 65.3 Å². The third-order valence-electron chi connectivity index (χ3n) is 1.53. The van der Waals surface area contributed by atoms with Gasteiger partial charge in [-0.2, -0.15) is 0 Å². The van der Waals surface area contributed by atoms with Crippen molar-refractivity contribution in [3.05, 3.63) is 47.9 Å². The molecule has 0 aromatic heterocycles. The number of fused-ring (bicyclic) bond motifs is 1. The molecule has 2 nitrogen and oxygen atoms in total. The zero-order valence-electron chi connectivity index (χ0n) is 5.91. The summed E-state index contributed by atoms with van der Waals surface area (Å²) >= 11 is 0. The van der Waals surface area contributed by atoms with E-state index in [2.05, 4.69) is 16.6 Å². The van der Waals surface area contributed by atoms with Crippen molar-refractivity contribution >= 4 is 6.34 Å². The highest BCUT2D eigenvalue weighted by molar-refractivity contribution is 5.65. The molecule has 53 valence electrons. The number of hydrogen-bond donors (Lipinski definition) is 1. The van der Waals surface area contributed by atoms with Gasteiger partial charge in [-0.3, -0.25) is 0 Å². The second kappa shape index (κ2) is 2.58. The molecule has 0 unspecified atom stereocenters. The quantitative estimate of drug-likeness (QED) is 0.544. The molecule has 0 saturated heterocycles. The van der Waals surface area contributed by atoms with Gasteiger partial charge < -0.3 is 5.32 Å². The molecule has 0 bridgehead atoms. The molecule has 11 heavy (non-hydrogen) atoms. The van der Waals surface area contributed by atoms with Crippen LogP contribution in [-0.2, 0) is 0 Å². The number of nitrogens with one attached hydrogen (secondary N) is 1. The SMILES string of the molecule is [C]1=NC=C2C=CC=CC=C2N1. The van der Waals surface area contributed by atoms with Crippen LogP contribution in [0.3, 0.4) is 0 Å². The molecule has 0 fully saturated rings. The molecule has 1 radical (unpaired) electrons. The van der Waals surface area contributed by atoms with E-state index in [0.29, 0.717) is 0 Å². The fourth-order valence-corrected chi connectivity index (χ4v) is 0.982. The summed E-state index contributed by atoms with van der Waals surface area (Å²) < 4.78 is 0. The first-order valence-electron chi connectivity index (χ1n) is 3.43. The summed E-state index contributed by atoms with van der Waals surface area (Å²) in [4.78, 5) is 3.86. The highest BCUT2D eigenvalue weighted by Crippen LogP contribution is 2.13. The summed E-state index contributed by atoms with van der Waals surface area (Å²) in [6.07, 6.45) is 14.4. The van der Waals surface area contributed by atoms with Crippen LogP contribution in [0, 0.1) is 0 Å². The van der Waals surface area contributed by atoms with Crippen molar-refractivity contribution in [2.24, 2.45) is 4.99 Å². The van der Waals surface area contributed by atoms with E-state index in [1.165, 1.54) is 0 Å². The summed E-state index contributed by atoms with van der Waals surface area (Å²) in [6, 6.07) is 0. The van der Waals surface area contributed by atoms with Crippen molar-refractivity contribution < 1.29 is 0 Å². The van der Waals surface area contributed by atoms with E-state index in [0.717, 1.165) is 11.3 Å². The van der Waals surface area contributed by atoms with Crippen LogP contribution in [0.2, 0.25) is 0 Å². The van der Waals surface area contributed by atoms with Crippen LogP contribution in [0.15, 0.2) is 52.8 Å². The zero-order chi connectivity index (χ0) is 7.52. The predicted octanol–water partition coefficient (Wildman–Crippen LogP) is 1.39. The van der Waals surface area contributed by atoms with E-state index in [1.807, 2.05) is 30.4 Å². The number of nitrogens with zero attached hydrogens (tertiary/aromatic N) is 1. The molecule has 0 atom stereocenters. The first kappa shape index (κ1) is 6.16. The Hall–Kier alpha value is -1.57. The maximum Gasteiger partial charge on any atom is 0.173 e. The number of hydrogen-bond acceptors (Lipinski definition) is 2. The molecule has 1 N–H and O–H groups in total. The maximum atomic E-state index is 3.86. The largest absolute Gasteiger partial charge is 0.337 e. The molecule has 0 amide bonds. The Balaban J connectivity index is 2.44. The molecule has 2 heteroatoms. The molecule has 0 aromatic carbocycles. The van der Waals surface area contributed by atoms with Crippen molar-refractivity contribution in [3.63, 3.8) is 0 Å². The van der Waals surface area contributed by atoms with E-state index in [4.69, 9.17) is 0 Å². The van der Waals surface area contributed by atoms with Crippen LogP contribution in [-0.4, -0.2) is 6.34 Å². The van der Waals surface area contributed by atoms with Crippen LogP contribution >= 0.6 is 0 Å². The minimum Gasteiger partial charge on any atom is -0.337 e. The zero-order valence-corrected chi connectivity index (χ0v) is 5.91. The summed E-state index contributed by atoms with van der Waals surface area (Å²) in [5, 5.41) is 2.93. The van der Waals surface area contributed by atoms with E-state index >= 15 is 0 Å². The second-order valence-electron chi connectivity index (χ2n) is 2.27.